The predicted molar refractivity (Wildman–Crippen MR) is 99.4 cm³/mol. The van der Waals surface area contributed by atoms with E-state index in [0.717, 1.165) is 31.4 Å². The Morgan fingerprint density at radius 2 is 2.18 bits per heavy atom. The van der Waals surface area contributed by atoms with Crippen LogP contribution in [0.4, 0.5) is 5.82 Å². The first-order valence-corrected chi connectivity index (χ1v) is 9.41. The number of nitrogens with zero attached hydrogens (tertiary/aromatic N) is 3. The highest BCUT2D eigenvalue weighted by Gasteiger charge is 2.23. The highest BCUT2D eigenvalue weighted by atomic mass is 16.5. The minimum atomic E-state index is -0.817. The van der Waals surface area contributed by atoms with Gasteiger partial charge in [0.05, 0.1) is 17.5 Å². The fourth-order valence-electron chi connectivity index (χ4n) is 3.54. The van der Waals surface area contributed by atoms with Crippen LogP contribution < -0.4 is 16.2 Å². The summed E-state index contributed by atoms with van der Waals surface area (Å²) in [5.41, 5.74) is 1.86. The highest BCUT2D eigenvalue weighted by molar-refractivity contribution is 6.39. The molecule has 1 aliphatic carbocycles. The summed E-state index contributed by atoms with van der Waals surface area (Å²) in [6.07, 6.45) is 4.11. The number of carbonyl (C=O) groups excluding carboxylic acids is 2. The van der Waals surface area contributed by atoms with E-state index < -0.39 is 11.8 Å². The Morgan fingerprint density at radius 3 is 2.96 bits per heavy atom. The van der Waals surface area contributed by atoms with Crippen molar-refractivity contribution in [2.75, 3.05) is 18.5 Å². The highest BCUT2D eigenvalue weighted by Crippen LogP contribution is 2.19. The van der Waals surface area contributed by atoms with Gasteiger partial charge in [0.2, 0.25) is 5.95 Å². The van der Waals surface area contributed by atoms with Crippen molar-refractivity contribution < 1.29 is 14.3 Å². The third-order valence-corrected chi connectivity index (χ3v) is 4.92. The van der Waals surface area contributed by atoms with E-state index in [-0.39, 0.29) is 23.4 Å². The number of H-pyrrole nitrogens is 1. The van der Waals surface area contributed by atoms with Crippen molar-refractivity contribution in [2.45, 2.75) is 45.1 Å². The minimum Gasteiger partial charge on any atom is -0.376 e. The van der Waals surface area contributed by atoms with Gasteiger partial charge in [0.15, 0.2) is 0 Å². The molecule has 0 aromatic carbocycles. The van der Waals surface area contributed by atoms with Crippen LogP contribution in [0.3, 0.4) is 0 Å². The zero-order chi connectivity index (χ0) is 19.7. The van der Waals surface area contributed by atoms with Gasteiger partial charge in [0.1, 0.15) is 5.82 Å². The summed E-state index contributed by atoms with van der Waals surface area (Å²) in [7, 11) is 0. The van der Waals surface area contributed by atoms with Gasteiger partial charge in [-0.15, -0.1) is 0 Å². The second kappa shape index (κ2) is 7.55. The van der Waals surface area contributed by atoms with E-state index in [0.29, 0.717) is 30.8 Å². The lowest BCUT2D eigenvalue weighted by Crippen LogP contribution is -2.39. The van der Waals surface area contributed by atoms with Crippen molar-refractivity contribution in [3.05, 3.63) is 33.4 Å². The summed E-state index contributed by atoms with van der Waals surface area (Å²) in [6.45, 7) is 2.72. The number of hydrogen-bond acceptors (Lipinski definition) is 6. The maximum absolute atomic E-state index is 12.3. The molecule has 28 heavy (non-hydrogen) atoms. The Kier molecular flexibility index (Phi) is 4.95. The Hall–Kier alpha value is -3.01. The van der Waals surface area contributed by atoms with Crippen molar-refractivity contribution in [1.82, 2.24) is 25.1 Å². The van der Waals surface area contributed by atoms with E-state index in [1.807, 2.05) is 0 Å². The smallest absolute Gasteiger partial charge is 0.314 e. The Balaban J connectivity index is 1.50. The van der Waals surface area contributed by atoms with Crippen molar-refractivity contribution in [3.63, 3.8) is 0 Å². The molecule has 2 amide bonds. The van der Waals surface area contributed by atoms with Gasteiger partial charge in [0, 0.05) is 24.8 Å². The van der Waals surface area contributed by atoms with Crippen molar-refractivity contribution >= 4 is 17.6 Å². The number of hydrogen-bond donors (Lipinski definition) is 3. The minimum absolute atomic E-state index is 0.0507. The zero-order valence-corrected chi connectivity index (χ0v) is 15.6. The van der Waals surface area contributed by atoms with E-state index >= 15 is 0 Å². The molecule has 0 bridgehead atoms. The van der Waals surface area contributed by atoms with Gasteiger partial charge in [-0.1, -0.05) is 0 Å². The first kappa shape index (κ1) is 18.4. The number of rotatable bonds is 4. The molecule has 1 fully saturated rings. The summed E-state index contributed by atoms with van der Waals surface area (Å²) in [5.74, 6) is -1.09. The fourth-order valence-corrected chi connectivity index (χ4v) is 3.54. The van der Waals surface area contributed by atoms with Gasteiger partial charge in [-0.2, -0.15) is 9.78 Å². The molecule has 0 spiro atoms. The Morgan fingerprint density at radius 1 is 1.32 bits per heavy atom. The maximum atomic E-state index is 12.3. The summed E-state index contributed by atoms with van der Waals surface area (Å²) in [4.78, 5) is 43.8. The lowest BCUT2D eigenvalue weighted by molar-refractivity contribution is -0.136. The van der Waals surface area contributed by atoms with Crippen molar-refractivity contribution in [3.8, 4) is 5.95 Å². The molecule has 3 N–H and O–H groups in total. The molecule has 4 rings (SSSR count). The quantitative estimate of drug-likeness (QED) is 0.633. The summed E-state index contributed by atoms with van der Waals surface area (Å²) in [5, 5.41) is 9.40. The van der Waals surface area contributed by atoms with Crippen LogP contribution in [0.1, 0.15) is 36.2 Å². The lowest BCUT2D eigenvalue weighted by atomic mass is 10.2. The molecule has 1 atom stereocenters. The molecule has 0 saturated carbocycles. The van der Waals surface area contributed by atoms with Crippen molar-refractivity contribution in [1.29, 1.82) is 0 Å². The van der Waals surface area contributed by atoms with E-state index in [4.69, 9.17) is 4.74 Å². The standard InChI is InChI=1S/C18H22N6O4/c1-10-8-14(21-17(27)16(26)19-9-11-4-3-7-28-11)24(23-10)18-20-13-6-2-5-12(13)15(25)22-18/h8,11H,2-7,9H2,1H3,(H,19,26)(H,21,27)(H,20,22,25)/t11-/m1/s1. The molecule has 10 heteroatoms. The average Bonchev–Trinajstić information content (AvgIpc) is 3.40. The number of aromatic nitrogens is 4. The maximum Gasteiger partial charge on any atom is 0.314 e. The molecule has 2 aliphatic rings. The normalized spacial score (nSPS) is 18.1. The first-order valence-electron chi connectivity index (χ1n) is 9.41. The molecule has 0 unspecified atom stereocenters. The van der Waals surface area contributed by atoms with Crippen LogP contribution in [0, 0.1) is 6.92 Å². The van der Waals surface area contributed by atoms with Crippen LogP contribution in [0.15, 0.2) is 10.9 Å². The molecular formula is C18H22N6O4. The van der Waals surface area contributed by atoms with Gasteiger partial charge in [0.25, 0.3) is 5.56 Å². The molecule has 1 aliphatic heterocycles. The number of fused-ring (bicyclic) bond motifs is 1. The Labute approximate surface area is 160 Å². The molecule has 10 nitrogen and oxygen atoms in total. The summed E-state index contributed by atoms with van der Waals surface area (Å²) >= 11 is 0. The number of ether oxygens (including phenoxy) is 1. The van der Waals surface area contributed by atoms with Crippen LogP contribution in [0.5, 0.6) is 0 Å². The largest absolute Gasteiger partial charge is 0.376 e. The van der Waals surface area contributed by atoms with Crippen molar-refractivity contribution in [2.24, 2.45) is 0 Å². The number of aromatic amines is 1. The second-order valence-electron chi connectivity index (χ2n) is 7.05. The van der Waals surface area contributed by atoms with Crippen LogP contribution >= 0.6 is 0 Å². The molecule has 1 saturated heterocycles. The van der Waals surface area contributed by atoms with Gasteiger partial charge in [-0.05, 0) is 39.0 Å². The van der Waals surface area contributed by atoms with E-state index in [1.165, 1.54) is 4.68 Å². The second-order valence-corrected chi connectivity index (χ2v) is 7.05. The lowest BCUT2D eigenvalue weighted by Gasteiger charge is -2.11. The number of aryl methyl sites for hydroxylation is 2. The number of nitrogens with one attached hydrogen (secondary N) is 3. The molecule has 3 heterocycles. The predicted octanol–water partition coefficient (Wildman–Crippen LogP) is -0.0136. The molecular weight excluding hydrogens is 364 g/mol. The van der Waals surface area contributed by atoms with Crippen LogP contribution in [-0.4, -0.2) is 50.8 Å². The van der Waals surface area contributed by atoms with E-state index in [2.05, 4.69) is 25.7 Å². The van der Waals surface area contributed by atoms with Gasteiger partial charge >= 0.3 is 11.8 Å². The fraction of sp³-hybridized carbons (Fsp3) is 0.500. The third kappa shape index (κ3) is 3.68. The monoisotopic (exact) mass is 386 g/mol. The number of amides is 2. The molecule has 148 valence electrons. The van der Waals surface area contributed by atoms with E-state index in [1.54, 1.807) is 13.0 Å². The Bertz CT molecular complexity index is 973. The van der Waals surface area contributed by atoms with Gasteiger partial charge in [-0.25, -0.2) is 4.98 Å². The van der Waals surface area contributed by atoms with Crippen LogP contribution in [0.25, 0.3) is 5.95 Å². The zero-order valence-electron chi connectivity index (χ0n) is 15.6. The van der Waals surface area contributed by atoms with Gasteiger partial charge < -0.3 is 15.4 Å². The average molecular weight is 386 g/mol. The third-order valence-electron chi connectivity index (χ3n) is 4.92. The SMILES string of the molecule is Cc1cc(NC(=O)C(=O)NC[C@H]2CCCO2)n(-c2nc3c(c(=O)[nH]2)CCC3)n1. The van der Waals surface area contributed by atoms with Crippen LogP contribution in [-0.2, 0) is 27.2 Å². The number of carbonyl (C=O) groups is 2. The summed E-state index contributed by atoms with van der Waals surface area (Å²) < 4.78 is 6.76. The molecule has 2 aromatic rings. The summed E-state index contributed by atoms with van der Waals surface area (Å²) in [6, 6.07) is 1.61. The molecule has 0 radical (unpaired) electrons. The first-order chi connectivity index (χ1) is 13.5. The van der Waals surface area contributed by atoms with E-state index in [9.17, 15) is 14.4 Å². The topological polar surface area (TPSA) is 131 Å². The van der Waals surface area contributed by atoms with Crippen LogP contribution in [0.2, 0.25) is 0 Å². The number of anilines is 1. The molecule has 2 aromatic heterocycles. The van der Waals surface area contributed by atoms with Gasteiger partial charge in [-0.3, -0.25) is 19.4 Å².